The summed E-state index contributed by atoms with van der Waals surface area (Å²) in [7, 11) is 0.671. The van der Waals surface area contributed by atoms with Crippen molar-refractivity contribution in [3.05, 3.63) is 12.2 Å². The molecule has 0 spiro atoms. The Morgan fingerprint density at radius 2 is 1.56 bits per heavy atom. The van der Waals surface area contributed by atoms with Crippen LogP contribution in [0.5, 0.6) is 0 Å². The van der Waals surface area contributed by atoms with Gasteiger partial charge in [0, 0.05) is 6.42 Å². The van der Waals surface area contributed by atoms with Crippen LogP contribution in [0.4, 0.5) is 0 Å². The number of carbonyl (C=O) groups is 2. The quantitative estimate of drug-likeness (QED) is 0.215. The summed E-state index contributed by atoms with van der Waals surface area (Å²) in [5.74, 6) is 4.22. The first-order valence-corrected chi connectivity index (χ1v) is 11.2. The molecule has 5 nitrogen and oxygen atoms in total. The minimum absolute atomic E-state index is 0.0519. The van der Waals surface area contributed by atoms with E-state index in [1.165, 1.54) is 14.2 Å². The van der Waals surface area contributed by atoms with Gasteiger partial charge in [-0.15, -0.1) is 11.8 Å². The van der Waals surface area contributed by atoms with Gasteiger partial charge in [-0.2, -0.15) is 0 Å². The summed E-state index contributed by atoms with van der Waals surface area (Å²) in [6, 6.07) is 0. The highest BCUT2D eigenvalue weighted by atomic mass is 28.4. The highest BCUT2D eigenvalue weighted by molar-refractivity contribution is 6.74. The molecule has 0 unspecified atom stereocenters. The van der Waals surface area contributed by atoms with Gasteiger partial charge in [0.05, 0.1) is 20.8 Å². The fourth-order valence-electron chi connectivity index (χ4n) is 1.92. The Hall–Kier alpha value is -1.58. The van der Waals surface area contributed by atoms with E-state index >= 15 is 0 Å². The van der Waals surface area contributed by atoms with Crippen LogP contribution in [-0.4, -0.2) is 41.1 Å². The predicted octanol–water partition coefficient (Wildman–Crippen LogP) is 3.70. The Kier molecular flexibility index (Phi) is 9.17. The number of hydrogen-bond donors (Lipinski definition) is 0. The largest absolute Gasteiger partial charge is 0.468 e. The van der Waals surface area contributed by atoms with Crippen LogP contribution in [0.3, 0.4) is 0 Å². The average molecular weight is 369 g/mol. The summed E-state index contributed by atoms with van der Waals surface area (Å²) in [6.45, 7) is 13.0. The van der Waals surface area contributed by atoms with Gasteiger partial charge in [0.15, 0.2) is 13.7 Å². The SMILES string of the molecule is CC#CCC(C/C=C/CO[Si](C)(C)C(C)(C)C)(C(=O)OC)C(=O)OC. The third-order valence-electron chi connectivity index (χ3n) is 4.70. The van der Waals surface area contributed by atoms with Crippen molar-refractivity contribution in [3.8, 4) is 11.8 Å². The topological polar surface area (TPSA) is 61.8 Å². The Morgan fingerprint density at radius 1 is 1.04 bits per heavy atom. The Labute approximate surface area is 153 Å². The summed E-state index contributed by atoms with van der Waals surface area (Å²) in [5, 5.41) is 0.124. The van der Waals surface area contributed by atoms with Gasteiger partial charge in [-0.1, -0.05) is 32.9 Å². The second-order valence-electron chi connectivity index (χ2n) is 7.42. The van der Waals surface area contributed by atoms with Crippen molar-refractivity contribution < 1.29 is 23.5 Å². The van der Waals surface area contributed by atoms with Crippen molar-refractivity contribution in [3.63, 3.8) is 0 Å². The number of carbonyl (C=O) groups excluding carboxylic acids is 2. The molecule has 6 heteroatoms. The van der Waals surface area contributed by atoms with E-state index in [1.54, 1.807) is 13.0 Å². The van der Waals surface area contributed by atoms with Gasteiger partial charge in [-0.25, -0.2) is 0 Å². The molecular formula is C19H32O5Si. The summed E-state index contributed by atoms with van der Waals surface area (Å²) in [4.78, 5) is 24.5. The van der Waals surface area contributed by atoms with E-state index < -0.39 is 25.7 Å². The molecule has 0 rings (SSSR count). The normalized spacial score (nSPS) is 12.5. The molecule has 0 aromatic heterocycles. The molecule has 0 bridgehead atoms. The molecule has 0 N–H and O–H groups in total. The first-order valence-electron chi connectivity index (χ1n) is 8.34. The molecule has 0 heterocycles. The fraction of sp³-hybridized carbons (Fsp3) is 0.684. The van der Waals surface area contributed by atoms with Gasteiger partial charge in [0.25, 0.3) is 0 Å². The van der Waals surface area contributed by atoms with Gasteiger partial charge in [-0.05, 0) is 31.5 Å². The molecule has 0 saturated heterocycles. The number of methoxy groups -OCH3 is 2. The molecule has 0 aliphatic carbocycles. The van der Waals surface area contributed by atoms with Crippen molar-refractivity contribution in [2.75, 3.05) is 20.8 Å². The molecular weight excluding hydrogens is 336 g/mol. The first-order chi connectivity index (χ1) is 11.5. The molecule has 25 heavy (non-hydrogen) atoms. The van der Waals surface area contributed by atoms with Crippen molar-refractivity contribution in [1.29, 1.82) is 0 Å². The summed E-state index contributed by atoms with van der Waals surface area (Å²) in [6.07, 6.45) is 3.80. The minimum atomic E-state index is -1.84. The van der Waals surface area contributed by atoms with Gasteiger partial charge < -0.3 is 13.9 Å². The molecule has 0 saturated carbocycles. The minimum Gasteiger partial charge on any atom is -0.468 e. The molecule has 142 valence electrons. The molecule has 0 aromatic rings. The second-order valence-corrected chi connectivity index (χ2v) is 12.2. The third kappa shape index (κ3) is 6.33. The zero-order valence-electron chi connectivity index (χ0n) is 16.8. The Bertz CT molecular complexity index is 530. The lowest BCUT2D eigenvalue weighted by molar-refractivity contribution is -0.168. The average Bonchev–Trinajstić information content (AvgIpc) is 2.54. The van der Waals surface area contributed by atoms with Crippen LogP contribution in [0.1, 0.15) is 40.5 Å². The molecule has 0 fully saturated rings. The van der Waals surface area contributed by atoms with Gasteiger partial charge >= 0.3 is 11.9 Å². The molecule has 0 amide bonds. The van der Waals surface area contributed by atoms with Crippen molar-refractivity contribution >= 4 is 20.3 Å². The lowest BCUT2D eigenvalue weighted by Gasteiger charge is -2.35. The van der Waals surface area contributed by atoms with E-state index in [-0.39, 0.29) is 17.9 Å². The van der Waals surface area contributed by atoms with Crippen molar-refractivity contribution in [2.45, 2.75) is 58.7 Å². The van der Waals surface area contributed by atoms with E-state index in [9.17, 15) is 9.59 Å². The Morgan fingerprint density at radius 3 is 1.96 bits per heavy atom. The molecule has 0 radical (unpaired) electrons. The highest BCUT2D eigenvalue weighted by Gasteiger charge is 2.47. The van der Waals surface area contributed by atoms with E-state index in [4.69, 9.17) is 13.9 Å². The molecule has 0 aliphatic heterocycles. The van der Waals surface area contributed by atoms with Crippen LogP contribution in [-0.2, 0) is 23.5 Å². The van der Waals surface area contributed by atoms with Gasteiger partial charge in [-0.3, -0.25) is 9.59 Å². The first kappa shape index (κ1) is 23.4. The zero-order chi connectivity index (χ0) is 19.7. The molecule has 0 aromatic carbocycles. The molecule has 0 atom stereocenters. The van der Waals surface area contributed by atoms with Gasteiger partial charge in [0.2, 0.25) is 0 Å². The lowest BCUT2D eigenvalue weighted by Crippen LogP contribution is -2.41. The lowest BCUT2D eigenvalue weighted by atomic mass is 9.81. The van der Waals surface area contributed by atoms with Crippen LogP contribution in [0.2, 0.25) is 18.1 Å². The van der Waals surface area contributed by atoms with Crippen LogP contribution < -0.4 is 0 Å². The van der Waals surface area contributed by atoms with Crippen LogP contribution in [0, 0.1) is 17.3 Å². The van der Waals surface area contributed by atoms with Crippen molar-refractivity contribution in [2.24, 2.45) is 5.41 Å². The van der Waals surface area contributed by atoms with E-state index in [1.807, 2.05) is 6.08 Å². The number of esters is 2. The monoisotopic (exact) mass is 368 g/mol. The maximum atomic E-state index is 12.2. The predicted molar refractivity (Wildman–Crippen MR) is 101 cm³/mol. The molecule has 0 aliphatic rings. The van der Waals surface area contributed by atoms with E-state index in [0.717, 1.165) is 0 Å². The smallest absolute Gasteiger partial charge is 0.324 e. The maximum Gasteiger partial charge on any atom is 0.324 e. The summed E-state index contributed by atoms with van der Waals surface area (Å²) in [5.41, 5.74) is -1.44. The summed E-state index contributed by atoms with van der Waals surface area (Å²) < 4.78 is 15.7. The third-order valence-corrected chi connectivity index (χ3v) is 9.20. The highest BCUT2D eigenvalue weighted by Crippen LogP contribution is 2.36. The number of hydrogen-bond acceptors (Lipinski definition) is 5. The van der Waals surface area contributed by atoms with Crippen LogP contribution >= 0.6 is 0 Å². The summed E-state index contributed by atoms with van der Waals surface area (Å²) >= 11 is 0. The zero-order valence-corrected chi connectivity index (χ0v) is 17.8. The number of rotatable bonds is 8. The standard InChI is InChI=1S/C19H32O5Si/c1-9-10-13-19(16(20)22-5,17(21)23-6)14-11-12-15-24-25(7,8)18(2,3)4/h11-12H,13-15H2,1-8H3/b12-11+. The van der Waals surface area contributed by atoms with Gasteiger partial charge in [0.1, 0.15) is 0 Å². The van der Waals surface area contributed by atoms with Crippen LogP contribution in [0.15, 0.2) is 12.2 Å². The van der Waals surface area contributed by atoms with E-state index in [2.05, 4.69) is 45.7 Å². The van der Waals surface area contributed by atoms with Crippen LogP contribution in [0.25, 0.3) is 0 Å². The number of allylic oxidation sites excluding steroid dienone is 1. The number of ether oxygens (including phenoxy) is 2. The van der Waals surface area contributed by atoms with Crippen molar-refractivity contribution in [1.82, 2.24) is 0 Å². The Balaban J connectivity index is 5.17. The fourth-order valence-corrected chi connectivity index (χ4v) is 2.87. The van der Waals surface area contributed by atoms with E-state index in [0.29, 0.717) is 6.61 Å². The second kappa shape index (κ2) is 9.78. The maximum absolute atomic E-state index is 12.2.